The van der Waals surface area contributed by atoms with Gasteiger partial charge in [-0.15, -0.1) is 0 Å². The highest BCUT2D eigenvalue weighted by atomic mass is 19.3. The Labute approximate surface area is 189 Å². The van der Waals surface area contributed by atoms with Crippen LogP contribution in [0.4, 0.5) is 13.6 Å². The first kappa shape index (κ1) is 22.7. The van der Waals surface area contributed by atoms with Gasteiger partial charge >= 0.3 is 18.0 Å². The van der Waals surface area contributed by atoms with E-state index in [0.717, 1.165) is 22.3 Å². The number of carbonyl (C=O) groups excluding carboxylic acids is 2. The Kier molecular flexibility index (Phi) is 5.82. The van der Waals surface area contributed by atoms with Crippen LogP contribution < -0.4 is 5.32 Å². The molecule has 0 saturated carbocycles. The second-order valence-corrected chi connectivity index (χ2v) is 8.52. The number of nitrogens with zero attached hydrogens (tertiary/aromatic N) is 1. The van der Waals surface area contributed by atoms with E-state index in [0.29, 0.717) is 11.3 Å². The Morgan fingerprint density at radius 3 is 2.27 bits per heavy atom. The number of nitrogens with one attached hydrogen (secondary N) is 1. The van der Waals surface area contributed by atoms with Gasteiger partial charge in [-0.3, -0.25) is 4.79 Å². The van der Waals surface area contributed by atoms with Gasteiger partial charge in [0.1, 0.15) is 12.1 Å². The average molecular weight is 458 g/mol. The second kappa shape index (κ2) is 8.46. The minimum Gasteiger partial charge on any atom is -0.480 e. The number of hydrogen-bond donors (Lipinski definition) is 2. The number of ether oxygens (including phenoxy) is 1. The van der Waals surface area contributed by atoms with E-state index in [1.807, 2.05) is 53.8 Å². The summed E-state index contributed by atoms with van der Waals surface area (Å²) in [5.74, 6) is -7.16. The zero-order valence-electron chi connectivity index (χ0n) is 18.0. The monoisotopic (exact) mass is 458 g/mol. The summed E-state index contributed by atoms with van der Waals surface area (Å²) in [7, 11) is 0. The Morgan fingerprint density at radius 2 is 1.70 bits per heavy atom. The van der Waals surface area contributed by atoms with Crippen LogP contribution in [-0.4, -0.2) is 59.1 Å². The van der Waals surface area contributed by atoms with Crippen LogP contribution in [0.25, 0.3) is 11.1 Å². The van der Waals surface area contributed by atoms with E-state index in [1.54, 1.807) is 0 Å². The van der Waals surface area contributed by atoms with Gasteiger partial charge in [0.2, 0.25) is 0 Å². The number of carboxylic acids is 1. The molecule has 2 aliphatic rings. The van der Waals surface area contributed by atoms with E-state index >= 15 is 0 Å². The number of benzene rings is 2. The highest BCUT2D eigenvalue weighted by Gasteiger charge is 2.53. The van der Waals surface area contributed by atoms with E-state index in [2.05, 4.69) is 0 Å². The van der Waals surface area contributed by atoms with Crippen molar-refractivity contribution in [3.63, 3.8) is 0 Å². The van der Waals surface area contributed by atoms with Crippen molar-refractivity contribution in [1.82, 2.24) is 10.2 Å². The minimum atomic E-state index is -3.97. The lowest BCUT2D eigenvalue weighted by atomic mass is 9.98. The van der Waals surface area contributed by atoms with Crippen molar-refractivity contribution >= 4 is 18.0 Å². The van der Waals surface area contributed by atoms with E-state index < -0.39 is 36.0 Å². The van der Waals surface area contributed by atoms with Crippen LogP contribution in [-0.2, 0) is 14.3 Å². The van der Waals surface area contributed by atoms with Crippen LogP contribution >= 0.6 is 0 Å². The zero-order valence-corrected chi connectivity index (χ0v) is 18.0. The molecule has 0 radical (unpaired) electrons. The number of carbonyl (C=O) groups is 3. The molecule has 2 aromatic carbocycles. The maximum absolute atomic E-state index is 14.5. The molecule has 2 amide bonds. The lowest BCUT2D eigenvalue weighted by Gasteiger charge is -2.33. The van der Waals surface area contributed by atoms with E-state index in [-0.39, 0.29) is 25.5 Å². The number of hydrogen-bond acceptors (Lipinski definition) is 4. The largest absolute Gasteiger partial charge is 0.480 e. The smallest absolute Gasteiger partial charge is 0.407 e. The molecule has 0 aromatic heterocycles. The summed E-state index contributed by atoms with van der Waals surface area (Å²) < 4.78 is 34.3. The van der Waals surface area contributed by atoms with Gasteiger partial charge in [-0.05, 0) is 42.0 Å². The highest BCUT2D eigenvalue weighted by molar-refractivity contribution is 5.91. The van der Waals surface area contributed by atoms with Crippen LogP contribution in [0.5, 0.6) is 0 Å². The number of halogens is 2. The molecule has 9 heteroatoms. The normalized spacial score (nSPS) is 19.7. The predicted octanol–water partition coefficient (Wildman–Crippen LogP) is 3.63. The Hall–Kier alpha value is -3.49. The number of fused-ring (bicyclic) bond motifs is 3. The average Bonchev–Trinajstić information content (AvgIpc) is 3.35. The fourth-order valence-corrected chi connectivity index (χ4v) is 4.62. The third-order valence-electron chi connectivity index (χ3n) is 6.46. The maximum atomic E-state index is 14.5. The van der Waals surface area contributed by atoms with Crippen molar-refractivity contribution in [2.24, 2.45) is 0 Å². The van der Waals surface area contributed by atoms with Gasteiger partial charge in [0, 0.05) is 12.5 Å². The number of carboxylic acid groups (broad SMARTS) is 1. The molecule has 0 bridgehead atoms. The van der Waals surface area contributed by atoms with Crippen LogP contribution in [0.1, 0.15) is 36.8 Å². The maximum Gasteiger partial charge on any atom is 0.407 e. The molecular weight excluding hydrogens is 434 g/mol. The molecule has 1 heterocycles. The molecule has 1 fully saturated rings. The lowest BCUT2D eigenvalue weighted by molar-refractivity contribution is -0.168. The van der Waals surface area contributed by atoms with E-state index in [9.17, 15) is 28.3 Å². The Balaban J connectivity index is 1.37. The Bertz CT molecular complexity index is 1060. The van der Waals surface area contributed by atoms with Crippen LogP contribution in [0, 0.1) is 0 Å². The summed E-state index contributed by atoms with van der Waals surface area (Å²) in [5.41, 5.74) is 2.34. The predicted molar refractivity (Wildman–Crippen MR) is 115 cm³/mol. The molecule has 1 atom stereocenters. The molecule has 1 aliphatic heterocycles. The standard InChI is InChI=1S/C24H24F2N2O5/c1-23(21(30)31)11-6-12-28(23)20(29)24(25,26)14-27-22(32)33-13-19-17-9-4-2-7-15(17)16-8-3-5-10-18(16)19/h2-5,7-10,19H,6,11-14H2,1H3,(H,27,32)(H,30,31)/t23-/m1/s1. The van der Waals surface area contributed by atoms with Crippen LogP contribution in [0.15, 0.2) is 48.5 Å². The topological polar surface area (TPSA) is 95.9 Å². The summed E-state index contributed by atoms with van der Waals surface area (Å²) in [6.07, 6.45) is -0.680. The van der Waals surface area contributed by atoms with Gasteiger partial charge in [0.15, 0.2) is 0 Å². The molecule has 2 aromatic rings. The number of likely N-dealkylation sites (tertiary alicyclic amines) is 1. The number of rotatable bonds is 6. The number of amides is 2. The molecule has 33 heavy (non-hydrogen) atoms. The summed E-state index contributed by atoms with van der Waals surface area (Å²) in [6.45, 7) is -0.172. The molecule has 0 spiro atoms. The summed E-state index contributed by atoms with van der Waals surface area (Å²) in [5, 5.41) is 11.3. The van der Waals surface area contributed by atoms with Gasteiger partial charge in [-0.1, -0.05) is 48.5 Å². The van der Waals surface area contributed by atoms with Gasteiger partial charge in [0.05, 0.1) is 6.54 Å². The first-order chi connectivity index (χ1) is 15.6. The second-order valence-electron chi connectivity index (χ2n) is 8.52. The summed E-state index contributed by atoms with van der Waals surface area (Å²) in [6, 6.07) is 15.4. The SMILES string of the molecule is C[C@]1(C(=O)O)CCCN1C(=O)C(F)(F)CNC(=O)OCC1c2ccccc2-c2ccccc21. The molecule has 174 valence electrons. The van der Waals surface area contributed by atoms with Crippen LogP contribution in [0.2, 0.25) is 0 Å². The van der Waals surface area contributed by atoms with Crippen molar-refractivity contribution in [3.05, 3.63) is 59.7 Å². The Morgan fingerprint density at radius 1 is 1.12 bits per heavy atom. The van der Waals surface area contributed by atoms with Gasteiger partial charge < -0.3 is 20.1 Å². The van der Waals surface area contributed by atoms with E-state index in [1.165, 1.54) is 6.92 Å². The first-order valence-corrected chi connectivity index (χ1v) is 10.7. The van der Waals surface area contributed by atoms with Crippen LogP contribution in [0.3, 0.4) is 0 Å². The number of aliphatic carboxylic acids is 1. The van der Waals surface area contributed by atoms with Gasteiger partial charge in [-0.25, -0.2) is 9.59 Å². The third-order valence-corrected chi connectivity index (χ3v) is 6.46. The molecule has 1 saturated heterocycles. The highest BCUT2D eigenvalue weighted by Crippen LogP contribution is 2.44. The number of alkyl halides is 2. The van der Waals surface area contributed by atoms with E-state index in [4.69, 9.17) is 4.74 Å². The minimum absolute atomic E-state index is 0.0530. The fraction of sp³-hybridized carbons (Fsp3) is 0.375. The van der Waals surface area contributed by atoms with Crippen molar-refractivity contribution in [3.8, 4) is 11.1 Å². The molecular formula is C24H24F2N2O5. The zero-order chi connectivity index (χ0) is 23.8. The molecule has 7 nitrogen and oxygen atoms in total. The quantitative estimate of drug-likeness (QED) is 0.689. The van der Waals surface area contributed by atoms with Gasteiger partial charge in [0.25, 0.3) is 5.91 Å². The number of alkyl carbamates (subject to hydrolysis) is 1. The van der Waals surface area contributed by atoms with Crippen molar-refractivity contribution in [2.75, 3.05) is 19.7 Å². The van der Waals surface area contributed by atoms with Gasteiger partial charge in [-0.2, -0.15) is 8.78 Å². The molecule has 4 rings (SSSR count). The molecule has 1 aliphatic carbocycles. The summed E-state index contributed by atoms with van der Waals surface area (Å²) in [4.78, 5) is 36.7. The molecule has 2 N–H and O–H groups in total. The first-order valence-electron chi connectivity index (χ1n) is 10.7. The summed E-state index contributed by atoms with van der Waals surface area (Å²) >= 11 is 0. The third kappa shape index (κ3) is 4.03. The van der Waals surface area contributed by atoms with Crippen molar-refractivity contribution in [1.29, 1.82) is 0 Å². The van der Waals surface area contributed by atoms with Crippen molar-refractivity contribution < 1.29 is 33.0 Å². The molecule has 0 unspecified atom stereocenters. The lowest BCUT2D eigenvalue weighted by Crippen LogP contribution is -2.58. The van der Waals surface area contributed by atoms with Crippen molar-refractivity contribution in [2.45, 2.75) is 37.1 Å². The fourth-order valence-electron chi connectivity index (χ4n) is 4.62.